The first kappa shape index (κ1) is 16.9. The predicted molar refractivity (Wildman–Crippen MR) is 83.4 cm³/mol. The number of ether oxygens (including phenoxy) is 4. The van der Waals surface area contributed by atoms with Gasteiger partial charge in [-0.1, -0.05) is 0 Å². The van der Waals surface area contributed by atoms with Crippen molar-refractivity contribution >= 4 is 13.8 Å². The Bertz CT molecular complexity index is 717. The van der Waals surface area contributed by atoms with Gasteiger partial charge in [0.25, 0.3) is 0 Å². The molecular formula is C14H16N3O5P. The zero-order valence-electron chi connectivity index (χ0n) is 13.4. The molecule has 0 amide bonds. The minimum absolute atomic E-state index is 0.121. The van der Waals surface area contributed by atoms with Gasteiger partial charge in [0, 0.05) is 11.1 Å². The standard InChI is InChI=1S/C14H16N3O5P/c1-7-8(6-9(19-2)11(23-18)10(7)20-3)12-15-13(21-4)17-14(16-12)22-5/h6H,1-5H3. The van der Waals surface area contributed by atoms with E-state index in [0.717, 1.165) is 0 Å². The third-order valence-corrected chi connectivity index (χ3v) is 3.79. The van der Waals surface area contributed by atoms with E-state index in [1.54, 1.807) is 6.07 Å². The van der Waals surface area contributed by atoms with E-state index < -0.39 is 0 Å². The summed E-state index contributed by atoms with van der Waals surface area (Å²) < 4.78 is 32.2. The van der Waals surface area contributed by atoms with Gasteiger partial charge in [-0.3, -0.25) is 4.57 Å². The van der Waals surface area contributed by atoms with Crippen molar-refractivity contribution in [2.45, 2.75) is 6.92 Å². The van der Waals surface area contributed by atoms with Crippen LogP contribution in [0.2, 0.25) is 0 Å². The number of rotatable bonds is 6. The molecule has 0 atom stereocenters. The van der Waals surface area contributed by atoms with Gasteiger partial charge in [0.15, 0.2) is 14.3 Å². The number of hydrogen-bond acceptors (Lipinski definition) is 8. The van der Waals surface area contributed by atoms with Crippen molar-refractivity contribution in [1.82, 2.24) is 15.0 Å². The fourth-order valence-corrected chi connectivity index (χ4v) is 2.67. The molecule has 0 aliphatic carbocycles. The summed E-state index contributed by atoms with van der Waals surface area (Å²) in [6, 6.07) is 1.93. The highest BCUT2D eigenvalue weighted by Gasteiger charge is 2.21. The fraction of sp³-hybridized carbons (Fsp3) is 0.357. The molecule has 0 N–H and O–H groups in total. The number of benzene rings is 1. The Kier molecular flexibility index (Phi) is 5.28. The first-order valence-corrected chi connectivity index (χ1v) is 7.34. The van der Waals surface area contributed by atoms with Crippen molar-refractivity contribution in [1.29, 1.82) is 0 Å². The molecule has 0 aliphatic heterocycles. The highest BCUT2D eigenvalue weighted by atomic mass is 31.1. The molecular weight excluding hydrogens is 321 g/mol. The summed E-state index contributed by atoms with van der Waals surface area (Å²) in [5, 5.41) is 0.421. The number of hydrogen-bond donors (Lipinski definition) is 0. The van der Waals surface area contributed by atoms with Crippen molar-refractivity contribution in [3.05, 3.63) is 11.6 Å². The van der Waals surface area contributed by atoms with Gasteiger partial charge >= 0.3 is 12.0 Å². The summed E-state index contributed by atoms with van der Waals surface area (Å²) in [5.41, 5.74) is 1.34. The van der Waals surface area contributed by atoms with Crippen LogP contribution in [-0.2, 0) is 4.57 Å². The van der Waals surface area contributed by atoms with E-state index in [9.17, 15) is 4.57 Å². The summed E-state index contributed by atoms with van der Waals surface area (Å²) in [6.45, 7) is 1.81. The normalized spacial score (nSPS) is 10.5. The maximum atomic E-state index is 11.4. The highest BCUT2D eigenvalue weighted by Crippen LogP contribution is 2.34. The average Bonchev–Trinajstić information content (AvgIpc) is 2.60. The minimum atomic E-state index is -0.207. The monoisotopic (exact) mass is 337 g/mol. The zero-order valence-corrected chi connectivity index (χ0v) is 14.3. The molecule has 1 aromatic heterocycles. The van der Waals surface area contributed by atoms with E-state index in [1.807, 2.05) is 6.92 Å². The quantitative estimate of drug-likeness (QED) is 0.737. The first-order chi connectivity index (χ1) is 11.1. The maximum Gasteiger partial charge on any atom is 0.322 e. The highest BCUT2D eigenvalue weighted by molar-refractivity contribution is 7.34. The molecule has 122 valence electrons. The molecule has 0 bridgehead atoms. The molecule has 1 heterocycles. The molecule has 0 saturated carbocycles. The van der Waals surface area contributed by atoms with E-state index in [-0.39, 0.29) is 20.5 Å². The van der Waals surface area contributed by atoms with Crippen molar-refractivity contribution in [2.24, 2.45) is 0 Å². The lowest BCUT2D eigenvalue weighted by Gasteiger charge is -2.15. The summed E-state index contributed by atoms with van der Waals surface area (Å²) in [6.07, 6.45) is 0. The lowest BCUT2D eigenvalue weighted by Crippen LogP contribution is -2.09. The Labute approximate surface area is 135 Å². The lowest BCUT2D eigenvalue weighted by atomic mass is 10.1. The molecule has 23 heavy (non-hydrogen) atoms. The summed E-state index contributed by atoms with van der Waals surface area (Å²) in [7, 11) is 5.67. The van der Waals surface area contributed by atoms with Crippen LogP contribution in [0.15, 0.2) is 6.07 Å². The van der Waals surface area contributed by atoms with E-state index in [4.69, 9.17) is 18.9 Å². The molecule has 0 saturated heterocycles. The summed E-state index contributed by atoms with van der Waals surface area (Å²) in [5.74, 6) is 1.17. The van der Waals surface area contributed by atoms with Crippen LogP contribution in [0.4, 0.5) is 0 Å². The molecule has 0 radical (unpaired) electrons. The van der Waals surface area contributed by atoms with Crippen LogP contribution in [0, 0.1) is 6.92 Å². The van der Waals surface area contributed by atoms with E-state index in [2.05, 4.69) is 15.0 Å². The molecule has 2 aromatic rings. The number of aromatic nitrogens is 3. The van der Waals surface area contributed by atoms with Crippen LogP contribution >= 0.6 is 8.46 Å². The predicted octanol–water partition coefficient (Wildman–Crippen LogP) is 1.80. The van der Waals surface area contributed by atoms with Crippen molar-refractivity contribution < 1.29 is 23.5 Å². The Balaban J connectivity index is 2.75. The number of methoxy groups -OCH3 is 4. The van der Waals surface area contributed by atoms with Gasteiger partial charge in [-0.25, -0.2) is 0 Å². The second-order valence-electron chi connectivity index (χ2n) is 4.36. The summed E-state index contributed by atoms with van der Waals surface area (Å²) in [4.78, 5) is 12.4. The molecule has 2 rings (SSSR count). The second kappa shape index (κ2) is 7.19. The minimum Gasteiger partial charge on any atom is -0.495 e. The molecule has 9 heteroatoms. The third-order valence-electron chi connectivity index (χ3n) is 3.18. The van der Waals surface area contributed by atoms with Crippen molar-refractivity contribution in [3.8, 4) is 34.9 Å². The van der Waals surface area contributed by atoms with Gasteiger partial charge in [0.1, 0.15) is 16.8 Å². The lowest BCUT2D eigenvalue weighted by molar-refractivity contribution is 0.341. The molecule has 0 unspecified atom stereocenters. The van der Waals surface area contributed by atoms with Gasteiger partial charge < -0.3 is 18.9 Å². The van der Waals surface area contributed by atoms with E-state index in [0.29, 0.717) is 33.8 Å². The van der Waals surface area contributed by atoms with Crippen LogP contribution in [0.5, 0.6) is 23.5 Å². The largest absolute Gasteiger partial charge is 0.495 e. The van der Waals surface area contributed by atoms with Gasteiger partial charge in [-0.05, 0) is 13.0 Å². The van der Waals surface area contributed by atoms with Crippen LogP contribution in [-0.4, -0.2) is 43.4 Å². The third kappa shape index (κ3) is 3.17. The van der Waals surface area contributed by atoms with Crippen LogP contribution in [0.3, 0.4) is 0 Å². The van der Waals surface area contributed by atoms with Crippen molar-refractivity contribution in [3.63, 3.8) is 0 Å². The van der Waals surface area contributed by atoms with Crippen LogP contribution in [0.25, 0.3) is 11.4 Å². The average molecular weight is 337 g/mol. The first-order valence-electron chi connectivity index (χ1n) is 6.52. The topological polar surface area (TPSA) is 92.7 Å². The smallest absolute Gasteiger partial charge is 0.322 e. The van der Waals surface area contributed by atoms with Crippen molar-refractivity contribution in [2.75, 3.05) is 28.4 Å². The Morgan fingerprint density at radius 2 is 1.52 bits per heavy atom. The van der Waals surface area contributed by atoms with Gasteiger partial charge in [0.05, 0.1) is 28.4 Å². The van der Waals surface area contributed by atoms with Crippen LogP contribution < -0.4 is 24.3 Å². The summed E-state index contributed by atoms with van der Waals surface area (Å²) >= 11 is 0. The molecule has 1 aromatic carbocycles. The van der Waals surface area contributed by atoms with Gasteiger partial charge in [-0.2, -0.15) is 9.97 Å². The fourth-order valence-electron chi connectivity index (χ4n) is 2.08. The van der Waals surface area contributed by atoms with Gasteiger partial charge in [-0.15, -0.1) is 4.98 Å². The molecule has 0 fully saturated rings. The SMILES string of the molecule is COc1nc(OC)nc(-c2cc(OC)c(P=O)c(OC)c2C)n1. The Morgan fingerprint density at radius 1 is 0.913 bits per heavy atom. The Hall–Kier alpha value is -2.47. The second-order valence-corrected chi connectivity index (χ2v) is 4.99. The molecule has 8 nitrogen and oxygen atoms in total. The van der Waals surface area contributed by atoms with Gasteiger partial charge in [0.2, 0.25) is 0 Å². The van der Waals surface area contributed by atoms with Crippen LogP contribution in [0.1, 0.15) is 5.56 Å². The molecule has 0 aliphatic rings. The Morgan fingerprint density at radius 3 is 1.96 bits per heavy atom. The maximum absolute atomic E-state index is 11.4. The molecule has 0 spiro atoms. The van der Waals surface area contributed by atoms with E-state index in [1.165, 1.54) is 28.4 Å². The number of nitrogens with zero attached hydrogens (tertiary/aromatic N) is 3. The zero-order chi connectivity index (χ0) is 17.0. The van der Waals surface area contributed by atoms with E-state index >= 15 is 0 Å².